The molecular weight excluding hydrogens is 294 g/mol. The second-order valence-corrected chi connectivity index (χ2v) is 4.82. The molecule has 0 fully saturated rings. The highest BCUT2D eigenvalue weighted by atomic mass is 16.5. The Balaban J connectivity index is 1.76. The summed E-state index contributed by atoms with van der Waals surface area (Å²) in [6, 6.07) is 14.7. The average molecular weight is 315 g/mol. The highest BCUT2D eigenvalue weighted by Gasteiger charge is 2.08. The zero-order valence-electron chi connectivity index (χ0n) is 13.0. The molecule has 4 N–H and O–H groups in total. The Bertz CT molecular complexity index is 629. The lowest BCUT2D eigenvalue weighted by Gasteiger charge is -2.11. The Kier molecular flexibility index (Phi) is 6.26. The van der Waals surface area contributed by atoms with Crippen LogP contribution < -0.4 is 26.1 Å². The molecule has 1 amide bonds. The first-order valence-electron chi connectivity index (χ1n) is 7.35. The van der Waals surface area contributed by atoms with Crippen LogP contribution in [0, 0.1) is 0 Å². The highest BCUT2D eigenvalue weighted by Crippen LogP contribution is 2.17. The molecule has 0 aliphatic rings. The summed E-state index contributed by atoms with van der Waals surface area (Å²) in [7, 11) is 1.63. The van der Waals surface area contributed by atoms with E-state index in [0.29, 0.717) is 18.7 Å². The van der Waals surface area contributed by atoms with Gasteiger partial charge in [-0.25, -0.2) is 5.84 Å². The molecule has 6 nitrogen and oxygen atoms in total. The van der Waals surface area contributed by atoms with Gasteiger partial charge in [0.05, 0.1) is 19.3 Å². The first kappa shape index (κ1) is 16.6. The number of benzene rings is 2. The number of ether oxygens (including phenoxy) is 2. The summed E-state index contributed by atoms with van der Waals surface area (Å²) in [6.07, 6.45) is 0.796. The maximum Gasteiger partial charge on any atom is 0.267 e. The number of nitrogens with one attached hydrogen (secondary N) is 2. The minimum Gasteiger partial charge on any atom is -0.497 e. The van der Waals surface area contributed by atoms with Crippen molar-refractivity contribution in [1.29, 1.82) is 0 Å². The molecule has 2 rings (SSSR count). The predicted octanol–water partition coefficient (Wildman–Crippen LogP) is 2.18. The van der Waals surface area contributed by atoms with E-state index in [1.165, 1.54) is 0 Å². The number of hydrogen-bond donors (Lipinski definition) is 3. The third kappa shape index (κ3) is 4.89. The van der Waals surface area contributed by atoms with Crippen LogP contribution in [-0.2, 0) is 0 Å². The molecule has 23 heavy (non-hydrogen) atoms. The quantitative estimate of drug-likeness (QED) is 0.301. The summed E-state index contributed by atoms with van der Waals surface area (Å²) in [4.78, 5) is 11.6. The van der Waals surface area contributed by atoms with Crippen LogP contribution in [0.25, 0.3) is 0 Å². The number of nitrogens with two attached hydrogens (primary N) is 1. The number of nitrogen functional groups attached to an aromatic ring is 1. The maximum atomic E-state index is 11.6. The van der Waals surface area contributed by atoms with E-state index in [1.807, 2.05) is 36.4 Å². The van der Waals surface area contributed by atoms with Crippen molar-refractivity contribution >= 4 is 11.6 Å². The van der Waals surface area contributed by atoms with Crippen molar-refractivity contribution in [3.63, 3.8) is 0 Å². The second-order valence-electron chi connectivity index (χ2n) is 4.82. The molecule has 0 bridgehead atoms. The van der Waals surface area contributed by atoms with Gasteiger partial charge in [0, 0.05) is 12.2 Å². The zero-order chi connectivity index (χ0) is 16.5. The molecule has 0 saturated carbocycles. The predicted molar refractivity (Wildman–Crippen MR) is 89.7 cm³/mol. The number of methoxy groups -OCH3 is 1. The van der Waals surface area contributed by atoms with E-state index >= 15 is 0 Å². The maximum absolute atomic E-state index is 11.6. The molecule has 0 atom stereocenters. The Morgan fingerprint density at radius 3 is 2.48 bits per heavy atom. The minimum atomic E-state index is -0.317. The SMILES string of the molecule is COc1ccc(OCCCNc2ccccc2C(=O)NN)cc1. The standard InChI is InChI=1S/C17H21N3O3/c1-22-13-7-9-14(10-8-13)23-12-4-11-19-16-6-3-2-5-15(16)17(21)20-18/h2-3,5-10,19H,4,11-12,18H2,1H3,(H,20,21). The second kappa shape index (κ2) is 8.65. The number of rotatable bonds is 8. The lowest BCUT2D eigenvalue weighted by atomic mass is 10.1. The summed E-state index contributed by atoms with van der Waals surface area (Å²) in [5.74, 6) is 6.46. The summed E-state index contributed by atoms with van der Waals surface area (Å²) in [5, 5.41) is 3.22. The van der Waals surface area contributed by atoms with Gasteiger partial charge in [0.2, 0.25) is 0 Å². The molecule has 0 radical (unpaired) electrons. The van der Waals surface area contributed by atoms with E-state index in [4.69, 9.17) is 15.3 Å². The Morgan fingerprint density at radius 2 is 1.78 bits per heavy atom. The molecule has 2 aromatic rings. The van der Waals surface area contributed by atoms with Crippen molar-refractivity contribution in [2.24, 2.45) is 5.84 Å². The normalized spacial score (nSPS) is 10.0. The Morgan fingerprint density at radius 1 is 1.09 bits per heavy atom. The van der Waals surface area contributed by atoms with Crippen molar-refractivity contribution in [3.8, 4) is 11.5 Å². The lowest BCUT2D eigenvalue weighted by molar-refractivity contribution is 0.0954. The average Bonchev–Trinajstić information content (AvgIpc) is 2.61. The molecule has 0 aliphatic heterocycles. The van der Waals surface area contributed by atoms with Crippen LogP contribution in [0.15, 0.2) is 48.5 Å². The number of carbonyl (C=O) groups is 1. The van der Waals surface area contributed by atoms with Crippen LogP contribution in [0.3, 0.4) is 0 Å². The van der Waals surface area contributed by atoms with Gasteiger partial charge in [0.25, 0.3) is 5.91 Å². The molecule has 2 aromatic carbocycles. The van der Waals surface area contributed by atoms with E-state index in [1.54, 1.807) is 19.2 Å². The molecular formula is C17H21N3O3. The molecule has 6 heteroatoms. The van der Waals surface area contributed by atoms with Crippen molar-refractivity contribution in [2.75, 3.05) is 25.6 Å². The lowest BCUT2D eigenvalue weighted by Crippen LogP contribution is -2.30. The Hall–Kier alpha value is -2.73. The third-order valence-corrected chi connectivity index (χ3v) is 3.27. The topological polar surface area (TPSA) is 85.6 Å². The molecule has 0 aliphatic carbocycles. The van der Waals surface area contributed by atoms with Gasteiger partial charge in [0.15, 0.2) is 0 Å². The van der Waals surface area contributed by atoms with E-state index < -0.39 is 0 Å². The van der Waals surface area contributed by atoms with Gasteiger partial charge in [-0.3, -0.25) is 10.2 Å². The fraction of sp³-hybridized carbons (Fsp3) is 0.235. The molecule has 0 unspecified atom stereocenters. The summed E-state index contributed by atoms with van der Waals surface area (Å²) >= 11 is 0. The molecule has 122 valence electrons. The van der Waals surface area contributed by atoms with Crippen molar-refractivity contribution in [3.05, 3.63) is 54.1 Å². The molecule has 0 heterocycles. The van der Waals surface area contributed by atoms with Gasteiger partial charge >= 0.3 is 0 Å². The number of para-hydroxylation sites is 1. The van der Waals surface area contributed by atoms with Crippen LogP contribution in [0.1, 0.15) is 16.8 Å². The molecule has 0 aromatic heterocycles. The fourth-order valence-electron chi connectivity index (χ4n) is 2.07. The fourth-order valence-corrected chi connectivity index (χ4v) is 2.07. The van der Waals surface area contributed by atoms with Crippen LogP contribution in [0.2, 0.25) is 0 Å². The highest BCUT2D eigenvalue weighted by molar-refractivity contribution is 5.99. The van der Waals surface area contributed by atoms with Crippen LogP contribution in [0.5, 0.6) is 11.5 Å². The van der Waals surface area contributed by atoms with Gasteiger partial charge in [-0.1, -0.05) is 12.1 Å². The number of hydrogen-bond acceptors (Lipinski definition) is 5. The van der Waals surface area contributed by atoms with Gasteiger partial charge < -0.3 is 14.8 Å². The summed E-state index contributed by atoms with van der Waals surface area (Å²) in [5.41, 5.74) is 3.41. The first-order chi connectivity index (χ1) is 11.2. The number of hydrazine groups is 1. The van der Waals surface area contributed by atoms with Gasteiger partial charge in [0.1, 0.15) is 11.5 Å². The van der Waals surface area contributed by atoms with Gasteiger partial charge in [-0.15, -0.1) is 0 Å². The number of carbonyl (C=O) groups excluding carboxylic acids is 1. The van der Waals surface area contributed by atoms with Gasteiger partial charge in [-0.2, -0.15) is 0 Å². The van der Waals surface area contributed by atoms with Crippen molar-refractivity contribution in [2.45, 2.75) is 6.42 Å². The molecule has 0 spiro atoms. The van der Waals surface area contributed by atoms with Crippen LogP contribution >= 0.6 is 0 Å². The van der Waals surface area contributed by atoms with E-state index in [0.717, 1.165) is 23.6 Å². The summed E-state index contributed by atoms with van der Waals surface area (Å²) < 4.78 is 10.7. The number of amides is 1. The van der Waals surface area contributed by atoms with E-state index in [9.17, 15) is 4.79 Å². The van der Waals surface area contributed by atoms with Crippen LogP contribution in [0.4, 0.5) is 5.69 Å². The van der Waals surface area contributed by atoms with E-state index in [2.05, 4.69) is 10.7 Å². The zero-order valence-corrected chi connectivity index (χ0v) is 13.0. The third-order valence-electron chi connectivity index (χ3n) is 3.27. The van der Waals surface area contributed by atoms with Crippen molar-refractivity contribution < 1.29 is 14.3 Å². The summed E-state index contributed by atoms with van der Waals surface area (Å²) in [6.45, 7) is 1.26. The smallest absolute Gasteiger partial charge is 0.267 e. The largest absolute Gasteiger partial charge is 0.497 e. The minimum absolute atomic E-state index is 0.317. The van der Waals surface area contributed by atoms with E-state index in [-0.39, 0.29) is 5.91 Å². The molecule has 0 saturated heterocycles. The first-order valence-corrected chi connectivity index (χ1v) is 7.35. The van der Waals surface area contributed by atoms with Crippen LogP contribution in [-0.4, -0.2) is 26.2 Å². The monoisotopic (exact) mass is 315 g/mol. The number of anilines is 1. The van der Waals surface area contributed by atoms with Gasteiger partial charge in [-0.05, 0) is 42.8 Å². The van der Waals surface area contributed by atoms with Crippen molar-refractivity contribution in [1.82, 2.24) is 5.43 Å². The Labute approximate surface area is 135 Å².